The molecule has 1 amide bonds. The predicted octanol–water partition coefficient (Wildman–Crippen LogP) is 5.32. The van der Waals surface area contributed by atoms with Crippen molar-refractivity contribution in [3.8, 4) is 0 Å². The van der Waals surface area contributed by atoms with Crippen molar-refractivity contribution < 1.29 is 13.6 Å². The fourth-order valence-corrected chi connectivity index (χ4v) is 4.42. The molecule has 0 unspecified atom stereocenters. The second-order valence-electron chi connectivity index (χ2n) is 6.02. The molecule has 0 N–H and O–H groups in total. The molecule has 2 aromatic carbocycles. The molecule has 142 valence electrons. The highest BCUT2D eigenvalue weighted by Gasteiger charge is 2.22. The van der Waals surface area contributed by atoms with Crippen LogP contribution in [0.1, 0.15) is 16.1 Å². The van der Waals surface area contributed by atoms with Gasteiger partial charge in [-0.3, -0.25) is 4.79 Å². The van der Waals surface area contributed by atoms with Crippen molar-refractivity contribution in [3.63, 3.8) is 0 Å². The van der Waals surface area contributed by atoms with Crippen LogP contribution in [-0.2, 0) is 0 Å². The molecular weight excluding hydrogens is 411 g/mol. The third-order valence-electron chi connectivity index (χ3n) is 4.13. The number of anilines is 1. The summed E-state index contributed by atoms with van der Waals surface area (Å²) in [5.74, 6) is -0.226. The van der Waals surface area contributed by atoms with Gasteiger partial charge in [-0.05, 0) is 48.5 Å². The molecule has 5 aromatic rings. The minimum absolute atomic E-state index is 0.336. The maximum atomic E-state index is 13.6. The number of halogens is 1. The van der Waals surface area contributed by atoms with Gasteiger partial charge in [-0.2, -0.15) is 10.1 Å². The standard InChI is InChI=1S/C20H11FN4O2S2/c21-13-4-6-16-18(9-13)29-20(24-16)25(23-10-14-2-1-7-27-14)19(26)12-3-5-15-17(8-12)28-11-22-15/h1-11H/b23-10+. The average molecular weight is 422 g/mol. The molecule has 3 heterocycles. The molecule has 29 heavy (non-hydrogen) atoms. The van der Waals surface area contributed by atoms with Gasteiger partial charge in [0.05, 0.1) is 38.4 Å². The third-order valence-corrected chi connectivity index (χ3v) is 5.92. The maximum Gasteiger partial charge on any atom is 0.280 e. The van der Waals surface area contributed by atoms with Crippen molar-refractivity contribution in [2.75, 3.05) is 5.01 Å². The summed E-state index contributed by atoms with van der Waals surface area (Å²) >= 11 is 2.64. The highest BCUT2D eigenvalue weighted by molar-refractivity contribution is 7.22. The number of hydrazone groups is 1. The molecular formula is C20H11FN4O2S2. The highest BCUT2D eigenvalue weighted by Crippen LogP contribution is 2.31. The van der Waals surface area contributed by atoms with Crippen LogP contribution in [0.2, 0.25) is 0 Å². The topological polar surface area (TPSA) is 71.6 Å². The van der Waals surface area contributed by atoms with Crippen LogP contribution in [0.15, 0.2) is 69.8 Å². The Morgan fingerprint density at radius 3 is 2.90 bits per heavy atom. The number of hydrogen-bond acceptors (Lipinski definition) is 7. The summed E-state index contributed by atoms with van der Waals surface area (Å²) in [7, 11) is 0. The Hall–Kier alpha value is -3.43. The molecule has 6 nitrogen and oxygen atoms in total. The van der Waals surface area contributed by atoms with E-state index in [0.29, 0.717) is 26.7 Å². The molecule has 9 heteroatoms. The molecule has 0 atom stereocenters. The Morgan fingerprint density at radius 2 is 2.03 bits per heavy atom. The highest BCUT2D eigenvalue weighted by atomic mass is 32.1. The lowest BCUT2D eigenvalue weighted by atomic mass is 10.2. The van der Waals surface area contributed by atoms with E-state index in [4.69, 9.17) is 4.42 Å². The predicted molar refractivity (Wildman–Crippen MR) is 112 cm³/mol. The van der Waals surface area contributed by atoms with Crippen molar-refractivity contribution in [1.29, 1.82) is 0 Å². The van der Waals surface area contributed by atoms with E-state index in [2.05, 4.69) is 15.1 Å². The summed E-state index contributed by atoms with van der Waals surface area (Å²) < 4.78 is 20.4. The summed E-state index contributed by atoms with van der Waals surface area (Å²) in [6.07, 6.45) is 2.96. The number of fused-ring (bicyclic) bond motifs is 2. The van der Waals surface area contributed by atoms with Gasteiger partial charge >= 0.3 is 0 Å². The van der Waals surface area contributed by atoms with Crippen molar-refractivity contribution in [3.05, 3.63) is 77.4 Å². The Balaban J connectivity index is 1.59. The van der Waals surface area contributed by atoms with Crippen molar-refractivity contribution in [2.45, 2.75) is 0 Å². The lowest BCUT2D eigenvalue weighted by Crippen LogP contribution is -2.25. The van der Waals surface area contributed by atoms with Gasteiger partial charge < -0.3 is 4.42 Å². The summed E-state index contributed by atoms with van der Waals surface area (Å²) in [6, 6.07) is 13.0. The molecule has 3 aromatic heterocycles. The fourth-order valence-electron chi connectivity index (χ4n) is 2.76. The van der Waals surface area contributed by atoms with E-state index in [1.165, 1.54) is 52.3 Å². The Kier molecular flexibility index (Phi) is 4.38. The number of amides is 1. The number of furan rings is 1. The van der Waals surface area contributed by atoms with Crippen molar-refractivity contribution in [2.24, 2.45) is 5.10 Å². The summed E-state index contributed by atoms with van der Waals surface area (Å²) in [4.78, 5) is 22.0. The summed E-state index contributed by atoms with van der Waals surface area (Å²) in [6.45, 7) is 0. The third kappa shape index (κ3) is 3.41. The number of aromatic nitrogens is 2. The SMILES string of the molecule is O=C(c1ccc2ncsc2c1)N(/N=C/c1ccco1)c1nc2ccc(F)cc2s1. The largest absolute Gasteiger partial charge is 0.463 e. The normalized spacial score (nSPS) is 11.6. The molecule has 0 aliphatic rings. The van der Waals surface area contributed by atoms with Crippen LogP contribution < -0.4 is 5.01 Å². The van der Waals surface area contributed by atoms with Gasteiger partial charge in [0.25, 0.3) is 5.91 Å². The number of nitrogens with zero attached hydrogens (tertiary/aromatic N) is 4. The first-order chi connectivity index (χ1) is 14.2. The van der Waals surface area contributed by atoms with E-state index < -0.39 is 0 Å². The quantitative estimate of drug-likeness (QED) is 0.290. The minimum atomic E-state index is -0.361. The van der Waals surface area contributed by atoms with Crippen LogP contribution in [-0.4, -0.2) is 22.1 Å². The van der Waals surface area contributed by atoms with Gasteiger partial charge in [-0.1, -0.05) is 11.3 Å². The monoisotopic (exact) mass is 422 g/mol. The zero-order chi connectivity index (χ0) is 19.8. The van der Waals surface area contributed by atoms with E-state index in [9.17, 15) is 9.18 Å². The molecule has 0 fully saturated rings. The number of hydrogen-bond donors (Lipinski definition) is 0. The van der Waals surface area contributed by atoms with E-state index in [-0.39, 0.29) is 11.7 Å². The van der Waals surface area contributed by atoms with Gasteiger partial charge in [0.1, 0.15) is 11.6 Å². The van der Waals surface area contributed by atoms with Gasteiger partial charge in [-0.15, -0.1) is 11.3 Å². The van der Waals surface area contributed by atoms with Crippen molar-refractivity contribution in [1.82, 2.24) is 9.97 Å². The number of carbonyl (C=O) groups is 1. The van der Waals surface area contributed by atoms with Gasteiger partial charge in [0.2, 0.25) is 5.13 Å². The van der Waals surface area contributed by atoms with E-state index in [1.807, 2.05) is 0 Å². The lowest BCUT2D eigenvalue weighted by Gasteiger charge is -2.13. The van der Waals surface area contributed by atoms with Crippen LogP contribution in [0.25, 0.3) is 20.4 Å². The van der Waals surface area contributed by atoms with Crippen LogP contribution in [0.4, 0.5) is 9.52 Å². The van der Waals surface area contributed by atoms with Crippen LogP contribution in [0.3, 0.4) is 0 Å². The Labute approximate surface area is 171 Å². The zero-order valence-electron chi connectivity index (χ0n) is 14.7. The van der Waals surface area contributed by atoms with E-state index in [1.54, 1.807) is 41.9 Å². The summed E-state index contributed by atoms with van der Waals surface area (Å²) in [5, 5.41) is 5.84. The summed E-state index contributed by atoms with van der Waals surface area (Å²) in [5.41, 5.74) is 3.60. The lowest BCUT2D eigenvalue weighted by molar-refractivity contribution is 0.0988. The van der Waals surface area contributed by atoms with Crippen LogP contribution >= 0.6 is 22.7 Å². The smallest absolute Gasteiger partial charge is 0.280 e. The fraction of sp³-hybridized carbons (Fsp3) is 0. The van der Waals surface area contributed by atoms with Crippen LogP contribution in [0.5, 0.6) is 0 Å². The van der Waals surface area contributed by atoms with Gasteiger partial charge in [0.15, 0.2) is 0 Å². The maximum absolute atomic E-state index is 13.6. The van der Waals surface area contributed by atoms with Gasteiger partial charge in [-0.25, -0.2) is 14.4 Å². The molecule has 5 rings (SSSR count). The second-order valence-corrected chi connectivity index (χ2v) is 7.92. The molecule has 0 radical (unpaired) electrons. The second kappa shape index (κ2) is 7.19. The Bertz CT molecular complexity index is 1360. The number of thiazole rings is 2. The first kappa shape index (κ1) is 17.7. The van der Waals surface area contributed by atoms with Crippen LogP contribution in [0, 0.1) is 5.82 Å². The van der Waals surface area contributed by atoms with E-state index in [0.717, 1.165) is 10.2 Å². The first-order valence-electron chi connectivity index (χ1n) is 8.49. The van der Waals surface area contributed by atoms with E-state index >= 15 is 0 Å². The number of rotatable bonds is 4. The molecule has 0 saturated heterocycles. The number of carbonyl (C=O) groups excluding carboxylic acids is 1. The molecule has 0 aliphatic heterocycles. The number of benzene rings is 2. The van der Waals surface area contributed by atoms with Gasteiger partial charge in [0, 0.05) is 5.56 Å². The first-order valence-corrected chi connectivity index (χ1v) is 10.2. The zero-order valence-corrected chi connectivity index (χ0v) is 16.3. The Morgan fingerprint density at radius 1 is 1.14 bits per heavy atom. The van der Waals surface area contributed by atoms with Crippen molar-refractivity contribution >= 4 is 60.4 Å². The molecule has 0 bridgehead atoms. The average Bonchev–Trinajstić information content (AvgIpc) is 3.47. The minimum Gasteiger partial charge on any atom is -0.463 e. The molecule has 0 spiro atoms. The molecule has 0 aliphatic carbocycles. The molecule has 0 saturated carbocycles.